The van der Waals surface area contributed by atoms with Gasteiger partial charge in [-0.25, -0.2) is 0 Å². The molecule has 0 radical (unpaired) electrons. The highest BCUT2D eigenvalue weighted by atomic mass is 16.5. The van der Waals surface area contributed by atoms with E-state index in [0.717, 1.165) is 12.0 Å². The van der Waals surface area contributed by atoms with Crippen LogP contribution in [0.5, 0.6) is 0 Å². The fourth-order valence-corrected chi connectivity index (χ4v) is 5.75. The summed E-state index contributed by atoms with van der Waals surface area (Å²) in [6.07, 6.45) is 2.13. The van der Waals surface area contributed by atoms with Crippen molar-refractivity contribution in [1.29, 1.82) is 0 Å². The molecule has 0 aliphatic carbocycles. The van der Waals surface area contributed by atoms with Crippen LogP contribution in [0.25, 0.3) is 0 Å². The van der Waals surface area contributed by atoms with E-state index in [4.69, 9.17) is 4.74 Å². The minimum atomic E-state index is -1.03. The Morgan fingerprint density at radius 3 is 2.62 bits per heavy atom. The Morgan fingerprint density at radius 2 is 1.97 bits per heavy atom. The maximum Gasteiger partial charge on any atom is 0.246 e. The Hall–Kier alpha value is -2.45. The number of benzene rings is 1. The summed E-state index contributed by atoms with van der Waals surface area (Å²) < 4.78 is 6.36. The molecule has 32 heavy (non-hydrogen) atoms. The smallest absolute Gasteiger partial charge is 0.246 e. The molecule has 0 aromatic heterocycles. The number of hydrogen-bond donors (Lipinski definition) is 3. The van der Waals surface area contributed by atoms with Gasteiger partial charge in [-0.1, -0.05) is 44.2 Å². The maximum atomic E-state index is 13.7. The average molecular weight is 444 g/mol. The molecule has 8 heteroatoms. The van der Waals surface area contributed by atoms with Crippen LogP contribution in [0.1, 0.15) is 45.1 Å². The summed E-state index contributed by atoms with van der Waals surface area (Å²) in [6, 6.07) is 8.20. The van der Waals surface area contributed by atoms with E-state index in [1.54, 1.807) is 0 Å². The van der Waals surface area contributed by atoms with E-state index in [1.807, 2.05) is 44.2 Å². The summed E-state index contributed by atoms with van der Waals surface area (Å²) in [5, 5.41) is 15.9. The van der Waals surface area contributed by atoms with Crippen molar-refractivity contribution in [2.75, 3.05) is 13.2 Å². The lowest BCUT2D eigenvalue weighted by Gasteiger charge is -2.36. The third-order valence-corrected chi connectivity index (χ3v) is 7.22. The van der Waals surface area contributed by atoms with Crippen LogP contribution in [0.3, 0.4) is 0 Å². The van der Waals surface area contributed by atoms with Crippen molar-refractivity contribution in [3.8, 4) is 0 Å². The zero-order valence-electron chi connectivity index (χ0n) is 18.8. The van der Waals surface area contributed by atoms with Gasteiger partial charge in [0.05, 0.1) is 30.6 Å². The molecule has 1 aromatic rings. The van der Waals surface area contributed by atoms with Crippen LogP contribution < -0.4 is 10.6 Å². The SMILES string of the molecule is CCCNC(=O)[C@@H]1[C@@H]2CCC3(O2)C(C(=O)NCc2ccccc2)N([C@@H](CC)CO)C(=O)[C@H]13. The molecular weight excluding hydrogens is 410 g/mol. The number of nitrogens with zero attached hydrogens (tertiary/aromatic N) is 1. The molecule has 4 rings (SSSR count). The van der Waals surface area contributed by atoms with Crippen LogP contribution in [0.15, 0.2) is 30.3 Å². The Morgan fingerprint density at radius 1 is 1.22 bits per heavy atom. The monoisotopic (exact) mass is 443 g/mol. The highest BCUT2D eigenvalue weighted by Gasteiger charge is 2.74. The van der Waals surface area contributed by atoms with Gasteiger partial charge in [0.25, 0.3) is 0 Å². The summed E-state index contributed by atoms with van der Waals surface area (Å²) in [7, 11) is 0. The van der Waals surface area contributed by atoms with Gasteiger partial charge in [-0.3, -0.25) is 14.4 Å². The van der Waals surface area contributed by atoms with Crippen molar-refractivity contribution in [2.24, 2.45) is 11.8 Å². The number of rotatable bonds is 9. The average Bonchev–Trinajstić information content (AvgIpc) is 3.45. The second-order valence-electron chi connectivity index (χ2n) is 9.04. The van der Waals surface area contributed by atoms with Crippen molar-refractivity contribution in [2.45, 2.75) is 69.9 Å². The number of aliphatic hydroxyl groups excluding tert-OH is 1. The van der Waals surface area contributed by atoms with Crippen LogP contribution in [-0.2, 0) is 25.7 Å². The molecule has 3 N–H and O–H groups in total. The zero-order valence-corrected chi connectivity index (χ0v) is 18.8. The number of ether oxygens (including phenoxy) is 1. The molecule has 0 saturated carbocycles. The number of nitrogens with one attached hydrogen (secondary N) is 2. The number of likely N-dealkylation sites (tertiary alicyclic amines) is 1. The van der Waals surface area contributed by atoms with E-state index < -0.39 is 29.5 Å². The van der Waals surface area contributed by atoms with Gasteiger partial charge in [0, 0.05) is 13.1 Å². The first kappa shape index (κ1) is 22.7. The predicted octanol–water partition coefficient (Wildman–Crippen LogP) is 0.975. The molecule has 3 saturated heterocycles. The number of aliphatic hydroxyl groups is 1. The van der Waals surface area contributed by atoms with E-state index in [0.29, 0.717) is 32.4 Å². The second-order valence-corrected chi connectivity index (χ2v) is 9.04. The van der Waals surface area contributed by atoms with Crippen LogP contribution in [-0.4, -0.2) is 64.7 Å². The van der Waals surface area contributed by atoms with Gasteiger partial charge >= 0.3 is 0 Å². The van der Waals surface area contributed by atoms with Crippen molar-refractivity contribution in [3.05, 3.63) is 35.9 Å². The van der Waals surface area contributed by atoms with E-state index >= 15 is 0 Å². The minimum absolute atomic E-state index is 0.181. The Labute approximate surface area is 188 Å². The highest BCUT2D eigenvalue weighted by molar-refractivity contribution is 5.99. The van der Waals surface area contributed by atoms with Crippen LogP contribution in [0.4, 0.5) is 0 Å². The summed E-state index contributed by atoms with van der Waals surface area (Å²) in [5.41, 5.74) is -0.0762. The molecule has 3 amide bonds. The largest absolute Gasteiger partial charge is 0.394 e. The predicted molar refractivity (Wildman–Crippen MR) is 117 cm³/mol. The topological polar surface area (TPSA) is 108 Å². The quantitative estimate of drug-likeness (QED) is 0.527. The molecule has 2 unspecified atom stereocenters. The first-order chi connectivity index (χ1) is 15.5. The third kappa shape index (κ3) is 3.59. The number of hydrogen-bond acceptors (Lipinski definition) is 5. The van der Waals surface area contributed by atoms with Gasteiger partial charge in [-0.05, 0) is 31.2 Å². The molecule has 1 aromatic carbocycles. The standard InChI is InChI=1S/C24H33N3O5/c1-3-12-25-21(29)18-17-10-11-24(32-17)19(18)23(31)27(16(4-2)14-28)20(24)22(30)26-13-15-8-6-5-7-9-15/h5-9,16-20,28H,3-4,10-14H2,1-2H3,(H,25,29)(H,26,30)/t16-,17-,18+,19-,20?,24?/m0/s1. The number of amides is 3. The number of fused-ring (bicyclic) bond motifs is 1. The summed E-state index contributed by atoms with van der Waals surface area (Å²) in [4.78, 5) is 41.7. The van der Waals surface area contributed by atoms with Gasteiger partial charge in [-0.15, -0.1) is 0 Å². The Balaban J connectivity index is 1.65. The lowest BCUT2D eigenvalue weighted by molar-refractivity contribution is -0.145. The molecule has 8 nitrogen and oxygen atoms in total. The number of carbonyl (C=O) groups is 3. The summed E-state index contributed by atoms with van der Waals surface area (Å²) in [5.74, 6) is -2.05. The lowest BCUT2D eigenvalue weighted by atomic mass is 9.70. The molecule has 3 heterocycles. The molecule has 174 valence electrons. The molecule has 3 aliphatic heterocycles. The van der Waals surface area contributed by atoms with Crippen LogP contribution >= 0.6 is 0 Å². The van der Waals surface area contributed by atoms with Gasteiger partial charge in [0.15, 0.2) is 0 Å². The first-order valence-corrected chi connectivity index (χ1v) is 11.7. The number of carbonyl (C=O) groups excluding carboxylic acids is 3. The molecule has 1 spiro atoms. The highest BCUT2D eigenvalue weighted by Crippen LogP contribution is 2.58. The van der Waals surface area contributed by atoms with Gasteiger partial charge in [0.2, 0.25) is 17.7 Å². The molecule has 6 atom stereocenters. The lowest BCUT2D eigenvalue weighted by Crippen LogP contribution is -2.57. The fourth-order valence-electron chi connectivity index (χ4n) is 5.75. The molecule has 3 aliphatic rings. The molecular formula is C24H33N3O5. The first-order valence-electron chi connectivity index (χ1n) is 11.7. The van der Waals surface area contributed by atoms with Crippen molar-refractivity contribution >= 4 is 17.7 Å². The van der Waals surface area contributed by atoms with Gasteiger partial charge in [0.1, 0.15) is 11.6 Å². The summed E-state index contributed by atoms with van der Waals surface area (Å²) >= 11 is 0. The van der Waals surface area contributed by atoms with Crippen LogP contribution in [0.2, 0.25) is 0 Å². The van der Waals surface area contributed by atoms with Crippen LogP contribution in [0, 0.1) is 11.8 Å². The van der Waals surface area contributed by atoms with E-state index in [2.05, 4.69) is 10.6 Å². The van der Waals surface area contributed by atoms with E-state index in [-0.39, 0.29) is 30.4 Å². The van der Waals surface area contributed by atoms with E-state index in [9.17, 15) is 19.5 Å². The maximum absolute atomic E-state index is 13.7. The minimum Gasteiger partial charge on any atom is -0.394 e. The Kier molecular flexibility index (Phi) is 6.53. The van der Waals surface area contributed by atoms with Gasteiger partial charge in [-0.2, -0.15) is 0 Å². The summed E-state index contributed by atoms with van der Waals surface area (Å²) in [6.45, 7) is 4.47. The Bertz CT molecular complexity index is 858. The zero-order chi connectivity index (χ0) is 22.9. The molecule has 3 fully saturated rings. The second kappa shape index (κ2) is 9.19. The van der Waals surface area contributed by atoms with Crippen molar-refractivity contribution in [1.82, 2.24) is 15.5 Å². The van der Waals surface area contributed by atoms with E-state index in [1.165, 1.54) is 4.90 Å². The van der Waals surface area contributed by atoms with Crippen molar-refractivity contribution < 1.29 is 24.2 Å². The third-order valence-electron chi connectivity index (χ3n) is 7.22. The van der Waals surface area contributed by atoms with Crippen molar-refractivity contribution in [3.63, 3.8) is 0 Å². The molecule has 2 bridgehead atoms. The van der Waals surface area contributed by atoms with Gasteiger partial charge < -0.3 is 25.4 Å². The normalized spacial score (nSPS) is 31.5. The fraction of sp³-hybridized carbons (Fsp3) is 0.625.